The third-order valence-electron chi connectivity index (χ3n) is 3.80. The van der Waals surface area contributed by atoms with Crippen LogP contribution in [0, 0.1) is 0 Å². The van der Waals surface area contributed by atoms with E-state index in [0.29, 0.717) is 17.1 Å². The van der Waals surface area contributed by atoms with Gasteiger partial charge in [0.15, 0.2) is 17.3 Å². The fourth-order valence-corrected chi connectivity index (χ4v) is 2.83. The third-order valence-corrected chi connectivity index (χ3v) is 3.80. The molecule has 1 fully saturated rings. The lowest BCUT2D eigenvalue weighted by molar-refractivity contribution is -0.0975. The lowest BCUT2D eigenvalue weighted by Gasteiger charge is -2.31. The quantitative estimate of drug-likeness (QED) is 0.798. The summed E-state index contributed by atoms with van der Waals surface area (Å²) in [6, 6.07) is 5.21. The van der Waals surface area contributed by atoms with Gasteiger partial charge in [0.1, 0.15) is 6.61 Å². The molecule has 0 aliphatic carbocycles. The van der Waals surface area contributed by atoms with Crippen molar-refractivity contribution in [1.29, 1.82) is 0 Å². The van der Waals surface area contributed by atoms with Crippen molar-refractivity contribution in [3.8, 4) is 11.5 Å². The second-order valence-corrected chi connectivity index (χ2v) is 5.65. The van der Waals surface area contributed by atoms with Crippen LogP contribution in [0.3, 0.4) is 0 Å². The minimum absolute atomic E-state index is 0.0416. The van der Waals surface area contributed by atoms with Gasteiger partial charge >= 0.3 is 0 Å². The van der Waals surface area contributed by atoms with E-state index in [0.717, 1.165) is 12.8 Å². The van der Waals surface area contributed by atoms with E-state index in [1.165, 1.54) is 0 Å². The zero-order valence-electron chi connectivity index (χ0n) is 12.3. The molecular formula is C16H20O5. The minimum Gasteiger partial charge on any atom is -0.454 e. The van der Waals surface area contributed by atoms with E-state index in [-0.39, 0.29) is 37.5 Å². The van der Waals surface area contributed by atoms with Crippen molar-refractivity contribution in [3.63, 3.8) is 0 Å². The first-order valence-electron chi connectivity index (χ1n) is 7.31. The second kappa shape index (κ2) is 6.03. The van der Waals surface area contributed by atoms with Crippen molar-refractivity contribution in [2.75, 3.05) is 13.4 Å². The van der Waals surface area contributed by atoms with Gasteiger partial charge < -0.3 is 18.9 Å². The van der Waals surface area contributed by atoms with Gasteiger partial charge in [0.05, 0.1) is 18.3 Å². The number of rotatable bonds is 4. The van der Waals surface area contributed by atoms with Crippen LogP contribution in [0.15, 0.2) is 18.2 Å². The van der Waals surface area contributed by atoms with Crippen molar-refractivity contribution in [2.45, 2.75) is 45.0 Å². The summed E-state index contributed by atoms with van der Waals surface area (Å²) in [5, 5.41) is 0. The summed E-state index contributed by atoms with van der Waals surface area (Å²) in [6.45, 7) is 4.36. The molecule has 21 heavy (non-hydrogen) atoms. The van der Waals surface area contributed by atoms with Crippen LogP contribution in [0.5, 0.6) is 11.5 Å². The van der Waals surface area contributed by atoms with Gasteiger partial charge in [-0.3, -0.25) is 4.79 Å². The molecular weight excluding hydrogens is 272 g/mol. The second-order valence-electron chi connectivity index (χ2n) is 5.65. The normalized spacial score (nSPS) is 27.6. The molecule has 2 atom stereocenters. The maximum absolute atomic E-state index is 12.2. The molecule has 5 heteroatoms. The highest BCUT2D eigenvalue weighted by molar-refractivity contribution is 5.97. The minimum atomic E-state index is -0.0416. The molecule has 0 spiro atoms. The van der Waals surface area contributed by atoms with E-state index >= 15 is 0 Å². The van der Waals surface area contributed by atoms with Gasteiger partial charge in [-0.15, -0.1) is 0 Å². The third kappa shape index (κ3) is 3.36. The molecule has 2 aliphatic rings. The predicted octanol–water partition coefficient (Wildman–Crippen LogP) is 2.57. The molecule has 3 rings (SSSR count). The molecule has 5 nitrogen and oxygen atoms in total. The Morgan fingerprint density at radius 1 is 1.19 bits per heavy atom. The molecule has 0 bridgehead atoms. The Bertz CT molecular complexity index is 517. The van der Waals surface area contributed by atoms with Crippen molar-refractivity contribution in [2.24, 2.45) is 0 Å². The van der Waals surface area contributed by atoms with Crippen LogP contribution in [0.4, 0.5) is 0 Å². The first-order chi connectivity index (χ1) is 10.1. The molecule has 114 valence electrons. The lowest BCUT2D eigenvalue weighted by Crippen LogP contribution is -2.35. The van der Waals surface area contributed by atoms with Crippen LogP contribution in [-0.2, 0) is 9.47 Å². The van der Waals surface area contributed by atoms with Crippen molar-refractivity contribution in [1.82, 2.24) is 0 Å². The number of ether oxygens (including phenoxy) is 4. The Morgan fingerprint density at radius 2 is 1.90 bits per heavy atom. The fourth-order valence-electron chi connectivity index (χ4n) is 2.83. The maximum atomic E-state index is 12.2. The standard InChI is InChI=1S/C16H20O5/c1-10-5-13(6-11(2)21-10)18-8-14(17)12-3-4-15-16(7-12)20-9-19-15/h3-4,7,10-11,13H,5-6,8-9H2,1-2H3. The monoisotopic (exact) mass is 292 g/mol. The van der Waals surface area contributed by atoms with Gasteiger partial charge in [0, 0.05) is 5.56 Å². The number of carbonyl (C=O) groups excluding carboxylic acids is 1. The van der Waals surface area contributed by atoms with E-state index in [4.69, 9.17) is 18.9 Å². The van der Waals surface area contributed by atoms with Crippen molar-refractivity contribution < 1.29 is 23.7 Å². The molecule has 2 aliphatic heterocycles. The number of benzene rings is 1. The number of hydrogen-bond donors (Lipinski definition) is 0. The van der Waals surface area contributed by atoms with Crippen LogP contribution < -0.4 is 9.47 Å². The molecule has 2 heterocycles. The SMILES string of the molecule is CC1CC(OCC(=O)c2ccc3c(c2)OCO3)CC(C)O1. The summed E-state index contributed by atoms with van der Waals surface area (Å²) in [6.07, 6.45) is 2.11. The molecule has 0 saturated carbocycles. The number of hydrogen-bond acceptors (Lipinski definition) is 5. The van der Waals surface area contributed by atoms with Gasteiger partial charge in [-0.1, -0.05) is 0 Å². The highest BCUT2D eigenvalue weighted by atomic mass is 16.7. The van der Waals surface area contributed by atoms with E-state index in [1.54, 1.807) is 18.2 Å². The summed E-state index contributed by atoms with van der Waals surface area (Å²) in [5.74, 6) is 1.26. The Morgan fingerprint density at radius 3 is 2.67 bits per heavy atom. The summed E-state index contributed by atoms with van der Waals surface area (Å²) in [7, 11) is 0. The van der Waals surface area contributed by atoms with Crippen molar-refractivity contribution in [3.05, 3.63) is 23.8 Å². The maximum Gasteiger partial charge on any atom is 0.231 e. The molecule has 0 amide bonds. The van der Waals surface area contributed by atoms with E-state index in [1.807, 2.05) is 13.8 Å². The predicted molar refractivity (Wildman–Crippen MR) is 75.9 cm³/mol. The zero-order valence-corrected chi connectivity index (χ0v) is 12.3. The first-order valence-corrected chi connectivity index (χ1v) is 7.31. The average molecular weight is 292 g/mol. The first kappa shape index (κ1) is 14.4. The van der Waals surface area contributed by atoms with Crippen LogP contribution in [0.25, 0.3) is 0 Å². The number of Topliss-reactive ketones (excluding diaryl/α,β-unsaturated/α-hetero) is 1. The Kier molecular flexibility index (Phi) is 4.12. The van der Waals surface area contributed by atoms with Crippen LogP contribution in [-0.4, -0.2) is 37.5 Å². The van der Waals surface area contributed by atoms with Gasteiger partial charge in [-0.25, -0.2) is 0 Å². The molecule has 1 aromatic rings. The molecule has 0 N–H and O–H groups in total. The molecule has 1 aromatic carbocycles. The van der Waals surface area contributed by atoms with Gasteiger partial charge in [-0.2, -0.15) is 0 Å². The lowest BCUT2D eigenvalue weighted by atomic mass is 10.0. The van der Waals surface area contributed by atoms with Crippen LogP contribution >= 0.6 is 0 Å². The summed E-state index contributed by atoms with van der Waals surface area (Å²) in [5.41, 5.74) is 0.590. The fraction of sp³-hybridized carbons (Fsp3) is 0.562. The Balaban J connectivity index is 1.56. The summed E-state index contributed by atoms with van der Waals surface area (Å²) in [4.78, 5) is 12.2. The van der Waals surface area contributed by atoms with E-state index < -0.39 is 0 Å². The molecule has 1 saturated heterocycles. The highest BCUT2D eigenvalue weighted by Crippen LogP contribution is 2.32. The summed E-state index contributed by atoms with van der Waals surface area (Å²) >= 11 is 0. The number of carbonyl (C=O) groups is 1. The smallest absolute Gasteiger partial charge is 0.231 e. The Hall–Kier alpha value is -1.59. The molecule has 0 aromatic heterocycles. The van der Waals surface area contributed by atoms with Gasteiger partial charge in [-0.05, 0) is 44.9 Å². The average Bonchev–Trinajstić information content (AvgIpc) is 2.91. The molecule has 0 radical (unpaired) electrons. The van der Waals surface area contributed by atoms with E-state index in [9.17, 15) is 4.79 Å². The highest BCUT2D eigenvalue weighted by Gasteiger charge is 2.26. The van der Waals surface area contributed by atoms with Crippen LogP contribution in [0.2, 0.25) is 0 Å². The Labute approximate surface area is 124 Å². The van der Waals surface area contributed by atoms with E-state index in [2.05, 4.69) is 0 Å². The largest absolute Gasteiger partial charge is 0.454 e. The number of ketones is 1. The zero-order chi connectivity index (χ0) is 14.8. The van der Waals surface area contributed by atoms with Gasteiger partial charge in [0.25, 0.3) is 0 Å². The van der Waals surface area contributed by atoms with Crippen molar-refractivity contribution >= 4 is 5.78 Å². The molecule has 2 unspecified atom stereocenters. The summed E-state index contributed by atoms with van der Waals surface area (Å²) < 4.78 is 21.9. The topological polar surface area (TPSA) is 54.0 Å². The number of fused-ring (bicyclic) bond motifs is 1. The van der Waals surface area contributed by atoms with Crippen LogP contribution in [0.1, 0.15) is 37.0 Å². The van der Waals surface area contributed by atoms with Gasteiger partial charge in [0.2, 0.25) is 6.79 Å².